The Morgan fingerprint density at radius 1 is 1.07 bits per heavy atom. The predicted octanol–water partition coefficient (Wildman–Crippen LogP) is 1.89. The Hall–Kier alpha value is -3.12. The number of ketones is 1. The fourth-order valence-corrected chi connectivity index (χ4v) is 5.40. The average molecular weight is 557 g/mol. The molecular weight excluding hydrogens is 520 g/mol. The number of carbonyl (C=O) groups excluding carboxylic acids is 2. The third-order valence-corrected chi connectivity index (χ3v) is 7.71. The third kappa shape index (κ3) is 5.69. The minimum Gasteiger partial charge on any atom is -0.508 e. The minimum atomic E-state index is -1.66. The second-order valence-electron chi connectivity index (χ2n) is 10.9. The third-order valence-electron chi connectivity index (χ3n) is 7.71. The summed E-state index contributed by atoms with van der Waals surface area (Å²) < 4.78 is 17.1. The van der Waals surface area contributed by atoms with Crippen LogP contribution in [0.25, 0.3) is 6.08 Å². The average Bonchev–Trinajstić information content (AvgIpc) is 3.10. The van der Waals surface area contributed by atoms with Crippen LogP contribution in [0.1, 0.15) is 58.1 Å². The number of aromatic hydroxyl groups is 1. The number of aliphatic hydroxyl groups excluding tert-OH is 4. The second-order valence-corrected chi connectivity index (χ2v) is 10.9. The molecule has 2 unspecified atom stereocenters. The molecule has 2 aromatic rings. The fourth-order valence-electron chi connectivity index (χ4n) is 5.40. The van der Waals surface area contributed by atoms with Crippen LogP contribution in [-0.2, 0) is 25.4 Å². The Morgan fingerprint density at radius 3 is 2.40 bits per heavy atom. The van der Waals surface area contributed by atoms with Gasteiger partial charge in [-0.2, -0.15) is 0 Å². The van der Waals surface area contributed by atoms with E-state index >= 15 is 0 Å². The Labute approximate surface area is 232 Å². The van der Waals surface area contributed by atoms with Crippen molar-refractivity contribution in [1.82, 2.24) is 0 Å². The SMILES string of the molecule is Cc1cc2c(c(C)c1CCO)C(=O)C(C)(C)[C@H]2O[C@@H]1OC(COC(=O)C=Cc2ccc(O)cc2)[C@@H](O)[C@H](O)C1O. The van der Waals surface area contributed by atoms with Crippen molar-refractivity contribution in [2.45, 2.75) is 70.9 Å². The molecule has 5 N–H and O–H groups in total. The molecule has 1 saturated heterocycles. The van der Waals surface area contributed by atoms with Gasteiger partial charge in [0.1, 0.15) is 36.8 Å². The first-order chi connectivity index (χ1) is 18.9. The maximum atomic E-state index is 13.5. The number of fused-ring (bicyclic) bond motifs is 1. The van der Waals surface area contributed by atoms with E-state index in [0.29, 0.717) is 23.1 Å². The smallest absolute Gasteiger partial charge is 0.330 e. The summed E-state index contributed by atoms with van der Waals surface area (Å²) in [4.78, 5) is 25.7. The van der Waals surface area contributed by atoms with Crippen molar-refractivity contribution >= 4 is 17.8 Å². The second kappa shape index (κ2) is 11.8. The minimum absolute atomic E-state index is 0.0567. The van der Waals surface area contributed by atoms with E-state index in [2.05, 4.69) is 0 Å². The number of ether oxygens (including phenoxy) is 3. The number of hydrogen-bond donors (Lipinski definition) is 5. The van der Waals surface area contributed by atoms with E-state index in [1.165, 1.54) is 24.3 Å². The number of aryl methyl sites for hydroxylation is 1. The lowest BCUT2D eigenvalue weighted by Crippen LogP contribution is -2.59. The normalized spacial score (nSPS) is 27.6. The fraction of sp³-hybridized carbons (Fsp3) is 0.467. The number of esters is 1. The van der Waals surface area contributed by atoms with Crippen LogP contribution in [0.3, 0.4) is 0 Å². The van der Waals surface area contributed by atoms with Crippen LogP contribution in [0.5, 0.6) is 5.75 Å². The van der Waals surface area contributed by atoms with E-state index in [9.17, 15) is 35.1 Å². The van der Waals surface area contributed by atoms with E-state index < -0.39 is 54.8 Å². The van der Waals surface area contributed by atoms with Gasteiger partial charge in [-0.05, 0) is 80.1 Å². The quantitative estimate of drug-likeness (QED) is 0.240. The highest BCUT2D eigenvalue weighted by Gasteiger charge is 2.52. The van der Waals surface area contributed by atoms with Crippen molar-refractivity contribution in [2.75, 3.05) is 13.2 Å². The molecule has 216 valence electrons. The van der Waals surface area contributed by atoms with E-state index in [0.717, 1.165) is 16.7 Å². The van der Waals surface area contributed by atoms with Gasteiger partial charge in [0, 0.05) is 18.2 Å². The lowest BCUT2D eigenvalue weighted by Gasteiger charge is -2.42. The summed E-state index contributed by atoms with van der Waals surface area (Å²) in [5.41, 5.74) is 3.27. The van der Waals surface area contributed by atoms with Gasteiger partial charge in [0.25, 0.3) is 0 Å². The molecule has 1 fully saturated rings. The van der Waals surface area contributed by atoms with Crippen molar-refractivity contribution in [2.24, 2.45) is 5.41 Å². The molecule has 4 rings (SSSR count). The topological polar surface area (TPSA) is 163 Å². The number of phenolic OH excluding ortho intramolecular Hbond substituents is 1. The molecule has 0 radical (unpaired) electrons. The molecule has 0 aromatic heterocycles. The summed E-state index contributed by atoms with van der Waals surface area (Å²) >= 11 is 0. The molecule has 0 saturated carbocycles. The molecular formula is C30H36O10. The number of carbonyl (C=O) groups is 2. The summed E-state index contributed by atoms with van der Waals surface area (Å²) in [5, 5.41) is 50.6. The van der Waals surface area contributed by atoms with Gasteiger partial charge in [-0.15, -0.1) is 0 Å². The zero-order chi connectivity index (χ0) is 29.4. The predicted molar refractivity (Wildman–Crippen MR) is 143 cm³/mol. The number of aliphatic hydroxyl groups is 4. The van der Waals surface area contributed by atoms with Crippen molar-refractivity contribution in [3.8, 4) is 5.75 Å². The highest BCUT2D eigenvalue weighted by Crippen LogP contribution is 2.50. The maximum absolute atomic E-state index is 13.5. The summed E-state index contributed by atoms with van der Waals surface area (Å²) in [6.07, 6.45) is -5.30. The number of hydrogen-bond acceptors (Lipinski definition) is 10. The first kappa shape index (κ1) is 29.9. The lowest BCUT2D eigenvalue weighted by molar-refractivity contribution is -0.317. The molecule has 1 aliphatic heterocycles. The van der Waals surface area contributed by atoms with Gasteiger partial charge in [-0.25, -0.2) is 4.79 Å². The van der Waals surface area contributed by atoms with Crippen LogP contribution in [0.15, 0.2) is 36.4 Å². The van der Waals surface area contributed by atoms with E-state index in [-0.39, 0.29) is 18.1 Å². The number of phenols is 1. The Balaban J connectivity index is 1.50. The molecule has 40 heavy (non-hydrogen) atoms. The summed E-state index contributed by atoms with van der Waals surface area (Å²) in [7, 11) is 0. The lowest BCUT2D eigenvalue weighted by atomic mass is 9.86. The van der Waals surface area contributed by atoms with Gasteiger partial charge < -0.3 is 39.7 Å². The Morgan fingerprint density at radius 2 is 1.75 bits per heavy atom. The van der Waals surface area contributed by atoms with Gasteiger partial charge in [-0.3, -0.25) is 4.79 Å². The van der Waals surface area contributed by atoms with Gasteiger partial charge >= 0.3 is 5.97 Å². The molecule has 2 aromatic carbocycles. The zero-order valence-electron chi connectivity index (χ0n) is 22.9. The van der Waals surface area contributed by atoms with Crippen LogP contribution in [0.2, 0.25) is 0 Å². The van der Waals surface area contributed by atoms with Crippen LogP contribution in [0, 0.1) is 19.3 Å². The molecule has 0 spiro atoms. The Bertz CT molecular complexity index is 1280. The van der Waals surface area contributed by atoms with Crippen LogP contribution < -0.4 is 0 Å². The summed E-state index contributed by atoms with van der Waals surface area (Å²) in [6.45, 7) is 6.67. The van der Waals surface area contributed by atoms with E-state index in [1.54, 1.807) is 26.0 Å². The molecule has 0 bridgehead atoms. The van der Waals surface area contributed by atoms with Crippen molar-refractivity contribution in [3.05, 3.63) is 69.8 Å². The summed E-state index contributed by atoms with van der Waals surface area (Å²) in [6, 6.07) is 7.99. The Kier molecular flexibility index (Phi) is 8.79. The van der Waals surface area contributed by atoms with Gasteiger partial charge in [-0.1, -0.05) is 18.2 Å². The number of Topliss-reactive ketones (excluding diaryl/α,β-unsaturated/α-hetero) is 1. The van der Waals surface area contributed by atoms with Crippen molar-refractivity contribution in [3.63, 3.8) is 0 Å². The molecule has 0 amide bonds. The first-order valence-corrected chi connectivity index (χ1v) is 13.1. The van der Waals surface area contributed by atoms with Crippen LogP contribution in [0.4, 0.5) is 0 Å². The zero-order valence-corrected chi connectivity index (χ0v) is 22.9. The maximum Gasteiger partial charge on any atom is 0.330 e. The van der Waals surface area contributed by atoms with E-state index in [1.807, 2.05) is 19.9 Å². The molecule has 6 atom stereocenters. The van der Waals surface area contributed by atoms with Gasteiger partial charge in [0.05, 0.1) is 11.5 Å². The van der Waals surface area contributed by atoms with Crippen LogP contribution >= 0.6 is 0 Å². The molecule has 1 heterocycles. The number of rotatable bonds is 8. The van der Waals surface area contributed by atoms with Crippen molar-refractivity contribution < 1.29 is 49.3 Å². The molecule has 1 aliphatic carbocycles. The highest BCUT2D eigenvalue weighted by atomic mass is 16.7. The number of benzene rings is 2. The van der Waals surface area contributed by atoms with Crippen molar-refractivity contribution in [1.29, 1.82) is 0 Å². The van der Waals surface area contributed by atoms with Gasteiger partial charge in [0.15, 0.2) is 12.1 Å². The monoisotopic (exact) mass is 556 g/mol. The first-order valence-electron chi connectivity index (χ1n) is 13.1. The standard InChI is InChI=1S/C30H36O10/c1-15-13-20-23(16(2)19(15)11-12-31)27(37)30(3,4)28(20)40-29-26(36)25(35)24(34)21(39-29)14-38-22(33)10-7-17-5-8-18(32)9-6-17/h5-10,13,21,24-26,28-29,31-32,34-36H,11-12,14H2,1-4H3/t21?,24-,25+,26?,28+,29+/m1/s1. The van der Waals surface area contributed by atoms with Gasteiger partial charge in [0.2, 0.25) is 0 Å². The van der Waals surface area contributed by atoms with Crippen LogP contribution in [-0.4, -0.2) is 81.2 Å². The molecule has 10 nitrogen and oxygen atoms in total. The molecule has 2 aliphatic rings. The largest absolute Gasteiger partial charge is 0.508 e. The molecule has 10 heteroatoms. The highest BCUT2D eigenvalue weighted by molar-refractivity contribution is 6.06. The van der Waals surface area contributed by atoms with E-state index in [4.69, 9.17) is 14.2 Å². The summed E-state index contributed by atoms with van der Waals surface area (Å²) in [5.74, 6) is -0.796.